The van der Waals surface area contributed by atoms with Gasteiger partial charge in [0.05, 0.1) is 37.6 Å². The van der Waals surface area contributed by atoms with E-state index in [1.807, 2.05) is 40.8 Å². The molecule has 23 heteroatoms. The van der Waals surface area contributed by atoms with Gasteiger partial charge in [-0.1, -0.05) is 59.7 Å². The van der Waals surface area contributed by atoms with E-state index in [1.165, 1.54) is 35.2 Å². The molecule has 7 rings (SSSR count). The standard InChI is InChI=1S/C41H56FN10O10PSi/c1-10-25-24(18-53)30(39(59-25)52-21-46-29-34(52)48-40(50-37(29)56)49-35(54)22(2)3)61-63(57,58-7)17-16-26-31(62-64(8,9)41(4,5)6)27(42)38(60-26)51-20-45-28-32(43-19-44-33(28)51)47-36(55)23-14-12-11-13-15-23/h11-15,19-22,24-27,30-31,38-39,53H,10,16-18H2,1-9H3,(H,43,44,47,55)(H2,48,49,50,54,56). The number of fused-ring (bicyclic) bond motifs is 2. The van der Waals surface area contributed by atoms with Crippen LogP contribution < -0.4 is 16.2 Å². The van der Waals surface area contributed by atoms with Crippen molar-refractivity contribution in [2.24, 2.45) is 11.8 Å². The molecule has 0 spiro atoms. The number of nitrogens with zero attached hydrogens (tertiary/aromatic N) is 7. The molecule has 0 aliphatic carbocycles. The molecule has 9 atom stereocenters. The minimum Gasteiger partial charge on any atom is -0.408 e. The van der Waals surface area contributed by atoms with Gasteiger partial charge in [0.1, 0.15) is 18.5 Å². The van der Waals surface area contributed by atoms with E-state index in [0.717, 1.165) is 0 Å². The van der Waals surface area contributed by atoms with E-state index in [4.69, 9.17) is 22.9 Å². The van der Waals surface area contributed by atoms with Crippen LogP contribution in [0.15, 0.2) is 54.1 Å². The molecule has 5 aromatic rings. The Labute approximate surface area is 369 Å². The van der Waals surface area contributed by atoms with Crippen LogP contribution in [-0.2, 0) is 32.3 Å². The van der Waals surface area contributed by atoms with Gasteiger partial charge in [0.15, 0.2) is 55.1 Å². The lowest BCUT2D eigenvalue weighted by Crippen LogP contribution is -2.48. The van der Waals surface area contributed by atoms with Crippen LogP contribution in [-0.4, -0.2) is 115 Å². The maximum absolute atomic E-state index is 17.1. The van der Waals surface area contributed by atoms with Crippen molar-refractivity contribution in [3.05, 3.63) is 65.2 Å². The minimum absolute atomic E-state index is 0.0490. The van der Waals surface area contributed by atoms with Gasteiger partial charge < -0.3 is 28.8 Å². The first-order valence-corrected chi connectivity index (χ1v) is 25.8. The van der Waals surface area contributed by atoms with Crippen molar-refractivity contribution in [2.75, 3.05) is 30.5 Å². The molecule has 0 saturated carbocycles. The Morgan fingerprint density at radius 2 is 1.66 bits per heavy atom. The molecule has 64 heavy (non-hydrogen) atoms. The maximum Gasteiger partial charge on any atom is 0.330 e. The van der Waals surface area contributed by atoms with Gasteiger partial charge in [-0.2, -0.15) is 4.98 Å². The van der Waals surface area contributed by atoms with Crippen molar-refractivity contribution in [1.29, 1.82) is 0 Å². The summed E-state index contributed by atoms with van der Waals surface area (Å²) in [6, 6.07) is 8.58. The van der Waals surface area contributed by atoms with Crippen LogP contribution >= 0.6 is 7.60 Å². The van der Waals surface area contributed by atoms with Crippen LogP contribution in [0.25, 0.3) is 22.3 Å². The van der Waals surface area contributed by atoms with Gasteiger partial charge >= 0.3 is 7.60 Å². The molecule has 0 bridgehead atoms. The summed E-state index contributed by atoms with van der Waals surface area (Å²) in [4.78, 5) is 62.9. The molecule has 9 unspecified atom stereocenters. The number of aliphatic hydroxyl groups excluding tert-OH is 1. The van der Waals surface area contributed by atoms with Gasteiger partial charge in [0, 0.05) is 24.5 Å². The molecule has 2 aliphatic rings. The SMILES string of the molecule is CCC1OC(n2cnc3c(=O)[nH]c(NC(=O)C(C)C)nc32)C(OP(=O)(CCC2OC(n3cnc4c(NC(=O)c5ccccc5)ncnc43)C(F)C2O[Si](C)(C)C(C)(C)C)OC)C1CO. The molecule has 0 radical (unpaired) electrons. The Kier molecular flexibility index (Phi) is 13.7. The molecule has 6 heterocycles. The quantitative estimate of drug-likeness (QED) is 0.0658. The number of hydrogen-bond acceptors (Lipinski definition) is 15. The summed E-state index contributed by atoms with van der Waals surface area (Å²) in [5, 5.41) is 15.7. The van der Waals surface area contributed by atoms with E-state index in [1.54, 1.807) is 44.2 Å². The van der Waals surface area contributed by atoms with Crippen molar-refractivity contribution in [2.45, 2.75) is 116 Å². The van der Waals surface area contributed by atoms with Gasteiger partial charge in [0.2, 0.25) is 11.9 Å². The third kappa shape index (κ3) is 9.32. The van der Waals surface area contributed by atoms with Crippen LogP contribution in [0.1, 0.15) is 77.2 Å². The topological polar surface area (TPSA) is 249 Å². The third-order valence-electron chi connectivity index (χ3n) is 12.2. The van der Waals surface area contributed by atoms with Crippen molar-refractivity contribution in [1.82, 2.24) is 39.0 Å². The number of H-pyrrole nitrogens is 1. The number of nitrogens with one attached hydrogen (secondary N) is 3. The second kappa shape index (κ2) is 18.6. The average molecular weight is 927 g/mol. The van der Waals surface area contributed by atoms with E-state index >= 15 is 4.39 Å². The fourth-order valence-corrected chi connectivity index (χ4v) is 10.4. The second-order valence-corrected chi connectivity index (χ2v) is 24.8. The van der Waals surface area contributed by atoms with Crippen LogP contribution in [0.5, 0.6) is 0 Å². The highest BCUT2D eigenvalue weighted by Crippen LogP contribution is 2.55. The lowest BCUT2D eigenvalue weighted by atomic mass is 9.97. The van der Waals surface area contributed by atoms with Crippen LogP contribution in [0.3, 0.4) is 0 Å². The molecule has 346 valence electrons. The zero-order chi connectivity index (χ0) is 46.3. The zero-order valence-electron chi connectivity index (χ0n) is 37.2. The van der Waals surface area contributed by atoms with E-state index in [-0.39, 0.29) is 57.6 Å². The van der Waals surface area contributed by atoms with Gasteiger partial charge in [-0.05, 0) is 43.1 Å². The zero-order valence-corrected chi connectivity index (χ0v) is 39.1. The number of anilines is 2. The molecule has 2 fully saturated rings. The van der Waals surface area contributed by atoms with E-state index < -0.39 is 88.9 Å². The Morgan fingerprint density at radius 1 is 0.984 bits per heavy atom. The Hall–Kier alpha value is -4.80. The summed E-state index contributed by atoms with van der Waals surface area (Å²) >= 11 is 0. The Morgan fingerprint density at radius 3 is 2.30 bits per heavy atom. The summed E-state index contributed by atoms with van der Waals surface area (Å²) in [7, 11) is -5.56. The van der Waals surface area contributed by atoms with Crippen molar-refractivity contribution in [3.8, 4) is 0 Å². The predicted octanol–water partition coefficient (Wildman–Crippen LogP) is 5.96. The molecular formula is C41H56FN10O10PSi. The summed E-state index contributed by atoms with van der Waals surface area (Å²) in [6.07, 6.45) is -3.90. The fourth-order valence-electron chi connectivity index (χ4n) is 7.55. The summed E-state index contributed by atoms with van der Waals surface area (Å²) in [5.74, 6) is -1.89. The first-order valence-electron chi connectivity index (χ1n) is 21.2. The Balaban J connectivity index is 1.17. The smallest absolute Gasteiger partial charge is 0.330 e. The van der Waals surface area contributed by atoms with Gasteiger partial charge in [-0.3, -0.25) is 42.9 Å². The summed E-state index contributed by atoms with van der Waals surface area (Å²) in [6.45, 7) is 14.9. The molecular weight excluding hydrogens is 871 g/mol. The van der Waals surface area contributed by atoms with Crippen molar-refractivity contribution < 1.29 is 46.6 Å². The average Bonchev–Trinajstić information content (AvgIpc) is 4.03. The van der Waals surface area contributed by atoms with E-state index in [2.05, 4.69) is 40.5 Å². The normalized spacial score (nSPS) is 25.0. The Bertz CT molecular complexity index is 2590. The number of aromatic amines is 1. The highest BCUT2D eigenvalue weighted by molar-refractivity contribution is 7.53. The first kappa shape index (κ1) is 47.2. The summed E-state index contributed by atoms with van der Waals surface area (Å²) in [5.41, 5.74) is 0.205. The van der Waals surface area contributed by atoms with Gasteiger partial charge in [-0.15, -0.1) is 0 Å². The summed E-state index contributed by atoms with van der Waals surface area (Å²) < 4.78 is 66.4. The van der Waals surface area contributed by atoms with Crippen LogP contribution in [0, 0.1) is 11.8 Å². The lowest BCUT2D eigenvalue weighted by molar-refractivity contribution is -0.118. The number of aliphatic hydroxyl groups is 1. The minimum atomic E-state index is -4.13. The van der Waals surface area contributed by atoms with Gasteiger partial charge in [0.25, 0.3) is 11.5 Å². The highest BCUT2D eigenvalue weighted by Gasteiger charge is 2.53. The molecule has 2 saturated heterocycles. The number of carbonyl (C=O) groups is 2. The van der Waals surface area contributed by atoms with Crippen molar-refractivity contribution >= 4 is 61.8 Å². The van der Waals surface area contributed by atoms with E-state index in [9.17, 15) is 24.1 Å². The number of amides is 2. The largest absolute Gasteiger partial charge is 0.408 e. The number of rotatable bonds is 16. The van der Waals surface area contributed by atoms with Crippen LogP contribution in [0.2, 0.25) is 18.1 Å². The van der Waals surface area contributed by atoms with Gasteiger partial charge in [-0.25, -0.2) is 24.3 Å². The van der Waals surface area contributed by atoms with Crippen LogP contribution in [0.4, 0.5) is 16.2 Å². The number of alkyl halides is 1. The molecule has 2 aliphatic heterocycles. The van der Waals surface area contributed by atoms with E-state index in [0.29, 0.717) is 12.0 Å². The number of ether oxygens (including phenoxy) is 2. The number of benzene rings is 1. The lowest BCUT2D eigenvalue weighted by Gasteiger charge is -2.39. The second-order valence-electron chi connectivity index (χ2n) is 17.8. The highest BCUT2D eigenvalue weighted by atomic mass is 31.2. The first-order chi connectivity index (χ1) is 30.3. The number of carbonyl (C=O) groups excluding carboxylic acids is 2. The number of aromatic nitrogens is 8. The fraction of sp³-hybridized carbons (Fsp3) is 0.561. The maximum atomic E-state index is 17.1. The molecule has 4 aromatic heterocycles. The molecule has 2 amide bonds. The molecule has 4 N–H and O–H groups in total. The molecule has 20 nitrogen and oxygen atoms in total. The number of halogens is 1. The number of imidazole rings is 2. The number of hydrogen-bond donors (Lipinski definition) is 4. The van der Waals surface area contributed by atoms with Crippen molar-refractivity contribution in [3.63, 3.8) is 0 Å². The monoisotopic (exact) mass is 926 g/mol. The third-order valence-corrected chi connectivity index (χ3v) is 18.6. The predicted molar refractivity (Wildman–Crippen MR) is 236 cm³/mol. The molecule has 1 aromatic carbocycles.